The van der Waals surface area contributed by atoms with Gasteiger partial charge in [0.2, 0.25) is 0 Å². The number of piperidine rings is 1. The number of urea groups is 1. The predicted molar refractivity (Wildman–Crippen MR) is 169 cm³/mol. The number of carbonyl (C=O) groups excluding carboxylic acids is 2. The molecule has 2 aromatic carbocycles. The number of thiophene rings is 1. The number of amides is 3. The molecule has 1 fully saturated rings. The third-order valence-electron chi connectivity index (χ3n) is 7.29. The first-order valence-corrected chi connectivity index (χ1v) is 15.9. The molecule has 10 nitrogen and oxygen atoms in total. The van der Waals surface area contributed by atoms with Crippen LogP contribution >= 0.6 is 33.9 Å². The molecular weight excluding hydrogens is 674 g/mol. The van der Waals surface area contributed by atoms with Crippen molar-refractivity contribution >= 4 is 79.0 Å². The molecule has 2 N–H and O–H groups in total. The summed E-state index contributed by atoms with van der Waals surface area (Å²) < 4.78 is 26.1. The van der Waals surface area contributed by atoms with Crippen LogP contribution in [0, 0.1) is 5.82 Å². The monoisotopic (exact) mass is 702 g/mol. The van der Waals surface area contributed by atoms with Gasteiger partial charge in [-0.05, 0) is 61.8 Å². The van der Waals surface area contributed by atoms with Crippen LogP contribution in [0.3, 0.4) is 0 Å². The number of aromatic nitrogens is 2. The molecule has 4 heterocycles. The van der Waals surface area contributed by atoms with Crippen molar-refractivity contribution < 1.29 is 23.5 Å². The van der Waals surface area contributed by atoms with E-state index in [0.717, 1.165) is 31.0 Å². The van der Waals surface area contributed by atoms with Crippen molar-refractivity contribution in [3.05, 3.63) is 59.0 Å². The summed E-state index contributed by atoms with van der Waals surface area (Å²) in [6, 6.07) is 9.20. The summed E-state index contributed by atoms with van der Waals surface area (Å²) in [5.74, 6) is 0.673. The normalized spacial score (nSPS) is 15.0. The van der Waals surface area contributed by atoms with E-state index in [4.69, 9.17) is 9.47 Å². The molecule has 0 bridgehead atoms. The van der Waals surface area contributed by atoms with E-state index in [1.54, 1.807) is 31.4 Å². The first-order chi connectivity index (χ1) is 20.5. The maximum absolute atomic E-state index is 14.2. The van der Waals surface area contributed by atoms with Gasteiger partial charge in [-0.3, -0.25) is 9.69 Å². The van der Waals surface area contributed by atoms with Crippen molar-refractivity contribution in [1.29, 1.82) is 0 Å². The van der Waals surface area contributed by atoms with Crippen molar-refractivity contribution in [1.82, 2.24) is 14.9 Å². The fourth-order valence-corrected chi connectivity index (χ4v) is 6.76. The fraction of sp³-hybridized carbons (Fsp3) is 0.310. The Hall–Kier alpha value is -3.56. The minimum absolute atomic E-state index is 0.285. The Bertz CT molecular complexity index is 1660. The average molecular weight is 703 g/mol. The number of ether oxygens (including phenoxy) is 2. The van der Waals surface area contributed by atoms with E-state index >= 15 is 0 Å². The molecule has 2 aromatic heterocycles. The molecular formula is C29H28FIN6O4S. The largest absolute Gasteiger partial charge is 0.493 e. The Balaban J connectivity index is 1.23. The van der Waals surface area contributed by atoms with E-state index in [1.807, 2.05) is 0 Å². The van der Waals surface area contributed by atoms with Gasteiger partial charge in [0.15, 0.2) is 17.3 Å². The average Bonchev–Trinajstić information content (AvgIpc) is 3.38. The van der Waals surface area contributed by atoms with Crippen LogP contribution in [0.2, 0.25) is 0 Å². The highest BCUT2D eigenvalue weighted by Gasteiger charge is 2.34. The second-order valence-electron chi connectivity index (χ2n) is 9.93. The fourth-order valence-electron chi connectivity index (χ4n) is 5.19. The molecule has 2 aliphatic rings. The third kappa shape index (κ3) is 5.60. The lowest BCUT2D eigenvalue weighted by Crippen LogP contribution is -2.35. The van der Waals surface area contributed by atoms with Crippen molar-refractivity contribution in [3.8, 4) is 11.5 Å². The summed E-state index contributed by atoms with van der Waals surface area (Å²) in [7, 11) is 1.56. The Labute approximate surface area is 259 Å². The van der Waals surface area contributed by atoms with Crippen LogP contribution in [-0.2, 0) is 4.43 Å². The molecule has 13 heteroatoms. The van der Waals surface area contributed by atoms with Gasteiger partial charge in [0.25, 0.3) is 5.91 Å². The first-order valence-electron chi connectivity index (χ1n) is 13.5. The predicted octanol–water partition coefficient (Wildman–Crippen LogP) is 6.57. The van der Waals surface area contributed by atoms with Gasteiger partial charge < -0.3 is 20.1 Å². The third-order valence-corrected chi connectivity index (χ3v) is 9.21. The SMILES string of the molecule is COc1cc(NC(=O)c2sc3ncnc4c3c2NC(=O)N4c2ccc(F)c(CI)c2)ccc1OCCN1CCCCC1. The molecule has 0 unspecified atom stereocenters. The van der Waals surface area contributed by atoms with Crippen molar-refractivity contribution in [2.75, 3.05) is 48.9 Å². The minimum atomic E-state index is -0.506. The quantitative estimate of drug-likeness (QED) is 0.150. The lowest BCUT2D eigenvalue weighted by molar-refractivity contribution is 0.103. The number of alkyl halides is 1. The molecule has 0 saturated carbocycles. The van der Waals surface area contributed by atoms with Crippen molar-refractivity contribution in [2.45, 2.75) is 23.7 Å². The van der Waals surface area contributed by atoms with Crippen LogP contribution in [-0.4, -0.2) is 60.2 Å². The summed E-state index contributed by atoms with van der Waals surface area (Å²) in [5, 5.41) is 6.28. The molecule has 3 amide bonds. The van der Waals surface area contributed by atoms with E-state index in [2.05, 4.69) is 48.1 Å². The molecule has 2 aliphatic heterocycles. The molecule has 4 aromatic rings. The lowest BCUT2D eigenvalue weighted by Gasteiger charge is -2.27. The number of halogens is 2. The molecule has 0 aliphatic carbocycles. The second kappa shape index (κ2) is 12.4. The van der Waals surface area contributed by atoms with Crippen LogP contribution in [0.5, 0.6) is 11.5 Å². The van der Waals surface area contributed by atoms with E-state index in [9.17, 15) is 14.0 Å². The lowest BCUT2D eigenvalue weighted by atomic mass is 10.1. The summed E-state index contributed by atoms with van der Waals surface area (Å²) in [5.41, 5.74) is 1.78. The van der Waals surface area contributed by atoms with Gasteiger partial charge >= 0.3 is 6.03 Å². The van der Waals surface area contributed by atoms with Gasteiger partial charge in [-0.1, -0.05) is 29.0 Å². The highest BCUT2D eigenvalue weighted by Crippen LogP contribution is 2.45. The van der Waals surface area contributed by atoms with E-state index in [-0.39, 0.29) is 10.7 Å². The van der Waals surface area contributed by atoms with E-state index in [0.29, 0.717) is 61.2 Å². The standard InChI is InChI=1S/C29H28FIN6O4S/c1-40-22-14-18(5-8-21(22)41-12-11-36-9-3-2-4-10-36)34-27(38)25-24-23-26(32-16-33-28(23)42-25)37(29(39)35-24)19-6-7-20(30)17(13-19)15-31/h5-8,13-14,16H,2-4,9-12,15H2,1H3,(H,34,38)(H,35,39). The number of benzene rings is 2. The second-order valence-corrected chi connectivity index (χ2v) is 11.7. The number of carbonyl (C=O) groups is 2. The number of likely N-dealkylation sites (tertiary alicyclic amines) is 1. The van der Waals surface area contributed by atoms with Gasteiger partial charge in [-0.2, -0.15) is 0 Å². The highest BCUT2D eigenvalue weighted by molar-refractivity contribution is 14.1. The molecule has 218 valence electrons. The number of methoxy groups -OCH3 is 1. The van der Waals surface area contributed by atoms with Gasteiger partial charge in [0, 0.05) is 22.7 Å². The molecule has 0 spiro atoms. The molecule has 1 saturated heterocycles. The Morgan fingerprint density at radius 3 is 2.76 bits per heavy atom. The summed E-state index contributed by atoms with van der Waals surface area (Å²) >= 11 is 3.22. The van der Waals surface area contributed by atoms with Crippen LogP contribution in [0.4, 0.5) is 32.1 Å². The molecule has 6 rings (SSSR count). The summed E-state index contributed by atoms with van der Waals surface area (Å²) in [6.07, 6.45) is 5.09. The number of nitrogens with one attached hydrogen (secondary N) is 2. The smallest absolute Gasteiger partial charge is 0.332 e. The maximum atomic E-state index is 14.2. The maximum Gasteiger partial charge on any atom is 0.332 e. The zero-order valence-electron chi connectivity index (χ0n) is 22.8. The molecule has 42 heavy (non-hydrogen) atoms. The van der Waals surface area contributed by atoms with Crippen LogP contribution < -0.4 is 25.0 Å². The van der Waals surface area contributed by atoms with Crippen molar-refractivity contribution in [3.63, 3.8) is 0 Å². The summed E-state index contributed by atoms with van der Waals surface area (Å²) in [6.45, 7) is 3.60. The number of hydrogen-bond acceptors (Lipinski definition) is 8. The number of anilines is 4. The topological polar surface area (TPSA) is 109 Å². The zero-order chi connectivity index (χ0) is 29.2. The summed E-state index contributed by atoms with van der Waals surface area (Å²) in [4.78, 5) is 40.1. The number of hydrogen-bond donors (Lipinski definition) is 2. The molecule has 0 atom stereocenters. The Kier molecular flexibility index (Phi) is 8.40. The zero-order valence-corrected chi connectivity index (χ0v) is 25.8. The first kappa shape index (κ1) is 28.6. The molecule has 0 radical (unpaired) electrons. The van der Waals surface area contributed by atoms with Gasteiger partial charge in [-0.25, -0.2) is 24.1 Å². The van der Waals surface area contributed by atoms with Crippen LogP contribution in [0.25, 0.3) is 10.2 Å². The van der Waals surface area contributed by atoms with Crippen LogP contribution in [0.1, 0.15) is 34.5 Å². The van der Waals surface area contributed by atoms with E-state index < -0.39 is 11.9 Å². The number of nitrogens with zero attached hydrogens (tertiary/aromatic N) is 4. The number of rotatable bonds is 9. The highest BCUT2D eigenvalue weighted by atomic mass is 127. The van der Waals surface area contributed by atoms with Gasteiger partial charge in [0.05, 0.1) is 23.9 Å². The van der Waals surface area contributed by atoms with Gasteiger partial charge in [-0.15, -0.1) is 11.3 Å². The van der Waals surface area contributed by atoms with Crippen LogP contribution in [0.15, 0.2) is 42.7 Å². The minimum Gasteiger partial charge on any atom is -0.493 e. The Morgan fingerprint density at radius 1 is 1.14 bits per heavy atom. The van der Waals surface area contributed by atoms with E-state index in [1.165, 1.54) is 42.6 Å². The van der Waals surface area contributed by atoms with Gasteiger partial charge in [0.1, 0.15) is 28.5 Å². The van der Waals surface area contributed by atoms with Crippen molar-refractivity contribution in [2.24, 2.45) is 0 Å². The Morgan fingerprint density at radius 2 is 1.98 bits per heavy atom.